The molecule has 5 rings (SSSR count). The lowest BCUT2D eigenvalue weighted by Gasteiger charge is -2.04. The van der Waals surface area contributed by atoms with Crippen molar-refractivity contribution in [3.05, 3.63) is 89.3 Å². The van der Waals surface area contributed by atoms with Gasteiger partial charge in [0.1, 0.15) is 22.7 Å². The first-order valence-electron chi connectivity index (χ1n) is 8.25. The highest BCUT2D eigenvalue weighted by atomic mass is 16.3. The maximum Gasteiger partial charge on any atom is 0.193 e. The smallest absolute Gasteiger partial charge is 0.193 e. The monoisotopic (exact) mass is 339 g/mol. The van der Waals surface area contributed by atoms with E-state index in [9.17, 15) is 4.79 Å². The second-order valence-electron chi connectivity index (χ2n) is 6.07. The molecular weight excluding hydrogens is 326 g/mol. The number of hydrogen-bond donors (Lipinski definition) is 0. The van der Waals surface area contributed by atoms with Gasteiger partial charge < -0.3 is 8.83 Å². The van der Waals surface area contributed by atoms with Crippen LogP contribution in [0.2, 0.25) is 0 Å². The van der Waals surface area contributed by atoms with Gasteiger partial charge in [0.15, 0.2) is 5.43 Å². The van der Waals surface area contributed by atoms with Crippen LogP contribution in [0.3, 0.4) is 0 Å². The van der Waals surface area contributed by atoms with Crippen molar-refractivity contribution < 1.29 is 8.83 Å². The van der Waals surface area contributed by atoms with Crippen LogP contribution >= 0.6 is 0 Å². The molecule has 2 aromatic carbocycles. The van der Waals surface area contributed by atoms with Crippen molar-refractivity contribution in [2.75, 3.05) is 0 Å². The molecule has 0 unspecified atom stereocenters. The fourth-order valence-electron chi connectivity index (χ4n) is 3.09. The van der Waals surface area contributed by atoms with Gasteiger partial charge in [-0.3, -0.25) is 9.78 Å². The normalized spacial score (nSPS) is 11.2. The van der Waals surface area contributed by atoms with Crippen LogP contribution in [0.5, 0.6) is 0 Å². The zero-order valence-electron chi connectivity index (χ0n) is 13.7. The third kappa shape index (κ3) is 2.40. The molecule has 0 aliphatic carbocycles. The number of benzene rings is 2. The highest BCUT2D eigenvalue weighted by Crippen LogP contribution is 2.30. The zero-order valence-corrected chi connectivity index (χ0v) is 13.7. The van der Waals surface area contributed by atoms with Crippen molar-refractivity contribution in [1.29, 1.82) is 0 Å². The largest absolute Gasteiger partial charge is 0.456 e. The summed E-state index contributed by atoms with van der Waals surface area (Å²) in [6.45, 7) is 0. The fraction of sp³-hybridized carbons (Fsp3) is 0. The minimum atomic E-state index is -0.0870. The summed E-state index contributed by atoms with van der Waals surface area (Å²) in [6, 6.07) is 20.5. The average molecular weight is 339 g/mol. The Morgan fingerprint density at radius 2 is 1.46 bits per heavy atom. The van der Waals surface area contributed by atoms with Crippen LogP contribution in [0.15, 0.2) is 92.8 Å². The van der Waals surface area contributed by atoms with E-state index < -0.39 is 0 Å². The van der Waals surface area contributed by atoms with Gasteiger partial charge in [-0.05, 0) is 42.5 Å². The second-order valence-corrected chi connectivity index (χ2v) is 6.07. The summed E-state index contributed by atoms with van der Waals surface area (Å²) in [5.41, 5.74) is 2.95. The lowest BCUT2D eigenvalue weighted by atomic mass is 10.1. The van der Waals surface area contributed by atoms with E-state index in [-0.39, 0.29) is 5.43 Å². The number of para-hydroxylation sites is 1. The van der Waals surface area contributed by atoms with E-state index in [1.165, 1.54) is 6.07 Å². The molecule has 0 aliphatic heterocycles. The fourth-order valence-corrected chi connectivity index (χ4v) is 3.09. The minimum absolute atomic E-state index is 0.0870. The predicted molar refractivity (Wildman–Crippen MR) is 101 cm³/mol. The van der Waals surface area contributed by atoms with Crippen molar-refractivity contribution in [2.45, 2.75) is 0 Å². The quantitative estimate of drug-likeness (QED) is 0.440. The Bertz CT molecular complexity index is 1270. The minimum Gasteiger partial charge on any atom is -0.456 e. The first kappa shape index (κ1) is 14.7. The molecule has 0 saturated carbocycles. The molecule has 5 aromatic rings. The van der Waals surface area contributed by atoms with E-state index in [1.807, 2.05) is 60.7 Å². The summed E-state index contributed by atoms with van der Waals surface area (Å²) >= 11 is 0. The Balaban J connectivity index is 1.66. The van der Waals surface area contributed by atoms with Crippen LogP contribution in [0.1, 0.15) is 0 Å². The molecule has 0 amide bonds. The van der Waals surface area contributed by atoms with E-state index in [0.717, 1.165) is 27.9 Å². The van der Waals surface area contributed by atoms with E-state index in [1.54, 1.807) is 12.4 Å². The maximum absolute atomic E-state index is 12.6. The standard InChI is InChI=1S/C22H13NO3/c24-18-13-22(14-7-9-23-10-8-14)26-20-6-5-16(11-17(18)20)21-12-15-3-1-2-4-19(15)25-21/h1-13H. The molecule has 4 nitrogen and oxygen atoms in total. The van der Waals surface area contributed by atoms with Gasteiger partial charge in [-0.1, -0.05) is 18.2 Å². The van der Waals surface area contributed by atoms with Gasteiger partial charge in [0.05, 0.1) is 5.39 Å². The molecular formula is C22H13NO3. The third-order valence-corrected chi connectivity index (χ3v) is 4.40. The Kier molecular flexibility index (Phi) is 3.22. The zero-order chi connectivity index (χ0) is 17.5. The number of pyridine rings is 1. The van der Waals surface area contributed by atoms with Crippen LogP contribution in [-0.2, 0) is 0 Å². The number of rotatable bonds is 2. The van der Waals surface area contributed by atoms with Gasteiger partial charge in [0.25, 0.3) is 0 Å². The van der Waals surface area contributed by atoms with Gasteiger partial charge in [0.2, 0.25) is 0 Å². The van der Waals surface area contributed by atoms with Gasteiger partial charge >= 0.3 is 0 Å². The van der Waals surface area contributed by atoms with E-state index in [2.05, 4.69) is 4.98 Å². The van der Waals surface area contributed by atoms with Gasteiger partial charge in [-0.2, -0.15) is 0 Å². The van der Waals surface area contributed by atoms with Crippen LogP contribution in [0, 0.1) is 0 Å². The Morgan fingerprint density at radius 1 is 0.692 bits per heavy atom. The Labute approximate surface area is 148 Å². The van der Waals surface area contributed by atoms with Crippen LogP contribution < -0.4 is 5.43 Å². The predicted octanol–water partition coefficient (Wildman–Crippen LogP) is 5.27. The van der Waals surface area contributed by atoms with E-state index >= 15 is 0 Å². The van der Waals surface area contributed by atoms with Crippen LogP contribution in [0.4, 0.5) is 0 Å². The van der Waals surface area contributed by atoms with Crippen molar-refractivity contribution in [3.8, 4) is 22.6 Å². The molecule has 0 atom stereocenters. The van der Waals surface area contributed by atoms with Gasteiger partial charge in [-0.15, -0.1) is 0 Å². The highest BCUT2D eigenvalue weighted by molar-refractivity contribution is 5.87. The highest BCUT2D eigenvalue weighted by Gasteiger charge is 2.11. The topological polar surface area (TPSA) is 56.2 Å². The second kappa shape index (κ2) is 5.70. The van der Waals surface area contributed by atoms with E-state index in [4.69, 9.17) is 8.83 Å². The number of furan rings is 1. The molecule has 0 saturated heterocycles. The molecule has 26 heavy (non-hydrogen) atoms. The van der Waals surface area contributed by atoms with E-state index in [0.29, 0.717) is 16.7 Å². The van der Waals surface area contributed by atoms with Crippen molar-refractivity contribution in [3.63, 3.8) is 0 Å². The van der Waals surface area contributed by atoms with Crippen LogP contribution in [-0.4, -0.2) is 4.98 Å². The Hall–Kier alpha value is -3.66. The first-order chi connectivity index (χ1) is 12.8. The summed E-state index contributed by atoms with van der Waals surface area (Å²) in [5.74, 6) is 1.26. The molecule has 124 valence electrons. The summed E-state index contributed by atoms with van der Waals surface area (Å²) in [6.07, 6.45) is 3.34. The molecule has 0 bridgehead atoms. The number of nitrogens with zero attached hydrogens (tertiary/aromatic N) is 1. The Morgan fingerprint density at radius 3 is 2.31 bits per heavy atom. The summed E-state index contributed by atoms with van der Waals surface area (Å²) in [5, 5.41) is 1.56. The summed E-state index contributed by atoms with van der Waals surface area (Å²) < 4.78 is 11.8. The maximum atomic E-state index is 12.6. The van der Waals surface area contributed by atoms with Crippen molar-refractivity contribution in [2.24, 2.45) is 0 Å². The molecule has 0 fully saturated rings. The van der Waals surface area contributed by atoms with Crippen molar-refractivity contribution >= 4 is 21.9 Å². The molecule has 0 radical (unpaired) electrons. The number of aromatic nitrogens is 1. The number of hydrogen-bond acceptors (Lipinski definition) is 4. The SMILES string of the molecule is O=c1cc(-c2ccncc2)oc2ccc(-c3cc4ccccc4o3)cc12. The molecule has 0 spiro atoms. The average Bonchev–Trinajstić information content (AvgIpc) is 3.12. The lowest BCUT2D eigenvalue weighted by molar-refractivity contribution is 0.618. The van der Waals surface area contributed by atoms with Crippen LogP contribution in [0.25, 0.3) is 44.6 Å². The van der Waals surface area contributed by atoms with Gasteiger partial charge in [-0.25, -0.2) is 0 Å². The molecule has 3 heterocycles. The number of fused-ring (bicyclic) bond motifs is 2. The molecule has 0 aliphatic rings. The van der Waals surface area contributed by atoms with Gasteiger partial charge in [0, 0.05) is 35.0 Å². The molecule has 3 aromatic heterocycles. The third-order valence-electron chi connectivity index (χ3n) is 4.40. The summed E-state index contributed by atoms with van der Waals surface area (Å²) in [7, 11) is 0. The first-order valence-corrected chi connectivity index (χ1v) is 8.25. The van der Waals surface area contributed by atoms with Crippen molar-refractivity contribution in [1.82, 2.24) is 4.98 Å². The lowest BCUT2D eigenvalue weighted by Crippen LogP contribution is -2.00. The molecule has 0 N–H and O–H groups in total. The molecule has 4 heteroatoms. The summed E-state index contributed by atoms with van der Waals surface area (Å²) in [4.78, 5) is 16.6.